The molecule has 1 radical (unpaired) electrons. The molecule has 0 atom stereocenters. The van der Waals surface area contributed by atoms with E-state index in [2.05, 4.69) is 60.8 Å². The van der Waals surface area contributed by atoms with E-state index in [1.165, 1.54) is 71.2 Å². The SMILES string of the molecule is C.O=C(C=C(O)C1CCCCC1)C1CCCCC1.[Ir].[c-]1ccc2ccccc2c1-c1ncc2c3c(cccc13)CC2. The van der Waals surface area contributed by atoms with E-state index in [9.17, 15) is 9.90 Å². The molecule has 0 aliphatic heterocycles. The number of pyridine rings is 1. The maximum atomic E-state index is 12.0. The predicted molar refractivity (Wildman–Crippen MR) is 167 cm³/mol. The quantitative estimate of drug-likeness (QED) is 0.130. The molecule has 0 bridgehead atoms. The van der Waals surface area contributed by atoms with Gasteiger partial charge in [-0.2, -0.15) is 0 Å². The molecule has 4 aromatic rings. The van der Waals surface area contributed by atoms with E-state index in [1.54, 1.807) is 6.08 Å². The Morgan fingerprint density at radius 1 is 0.805 bits per heavy atom. The largest absolute Gasteiger partial charge is 0.512 e. The Labute approximate surface area is 258 Å². The topological polar surface area (TPSA) is 50.2 Å². The number of benzene rings is 3. The van der Waals surface area contributed by atoms with Gasteiger partial charge in [0.25, 0.3) is 0 Å². The molecule has 0 unspecified atom stereocenters. The van der Waals surface area contributed by atoms with Gasteiger partial charge in [0.05, 0.1) is 5.76 Å². The van der Waals surface area contributed by atoms with Gasteiger partial charge in [-0.15, -0.1) is 29.1 Å². The van der Waals surface area contributed by atoms with Crippen LogP contribution in [0.5, 0.6) is 0 Å². The van der Waals surface area contributed by atoms with Gasteiger partial charge >= 0.3 is 0 Å². The van der Waals surface area contributed by atoms with E-state index >= 15 is 0 Å². The molecule has 0 saturated heterocycles. The fourth-order valence-corrected chi connectivity index (χ4v) is 6.85. The summed E-state index contributed by atoms with van der Waals surface area (Å²) in [6, 6.07) is 22.6. The summed E-state index contributed by atoms with van der Waals surface area (Å²) >= 11 is 0. The van der Waals surface area contributed by atoms with Gasteiger partial charge in [-0.05, 0) is 66.1 Å². The molecule has 1 heterocycles. The molecule has 3 aliphatic rings. The zero-order valence-corrected chi connectivity index (χ0v) is 25.5. The molecule has 3 aliphatic carbocycles. The van der Waals surface area contributed by atoms with E-state index < -0.39 is 0 Å². The van der Waals surface area contributed by atoms with Gasteiger partial charge in [0.15, 0.2) is 5.78 Å². The standard InChI is InChI=1S/C21H14N.C15H24O2.CH4.Ir/c1-2-8-17-14(5-1)6-3-9-18(17)21-19-10-4-7-15-11-12-16(13-22-21)20(15)19;16-14(12-7-3-1-4-8-12)11-15(17)13-9-5-2-6-10-13;;/h1-8,10,13H,11-12H2;11-13,16H,1-10H2;1H4;/q-1;;;. The van der Waals surface area contributed by atoms with E-state index in [0.29, 0.717) is 5.76 Å². The number of carbonyl (C=O) groups excluding carboxylic acids is 1. The number of nitrogens with zero attached hydrogens (tertiary/aromatic N) is 1. The van der Waals surface area contributed by atoms with Gasteiger partial charge in [-0.3, -0.25) is 4.79 Å². The van der Waals surface area contributed by atoms with Crippen molar-refractivity contribution in [1.29, 1.82) is 0 Å². The third kappa shape index (κ3) is 6.82. The molecule has 2 fully saturated rings. The monoisotopic (exact) mass is 725 g/mol. The number of rotatable bonds is 4. The Morgan fingerprint density at radius 2 is 1.46 bits per heavy atom. The molecule has 1 N–H and O–H groups in total. The van der Waals surface area contributed by atoms with Crippen molar-refractivity contribution in [3.05, 3.63) is 89.8 Å². The number of allylic oxidation sites excluding steroid dienone is 2. The van der Waals surface area contributed by atoms with Gasteiger partial charge in [0, 0.05) is 44.2 Å². The third-order valence-electron chi connectivity index (χ3n) is 9.02. The van der Waals surface area contributed by atoms with Crippen molar-refractivity contribution >= 4 is 27.3 Å². The summed E-state index contributed by atoms with van der Waals surface area (Å²) in [6.45, 7) is 0. The zero-order valence-electron chi connectivity index (χ0n) is 23.1. The first-order valence-corrected chi connectivity index (χ1v) is 14.9. The Hall–Kier alpha value is -2.81. The van der Waals surface area contributed by atoms with Crippen LogP contribution in [0.25, 0.3) is 32.8 Å². The van der Waals surface area contributed by atoms with Crippen LogP contribution in [-0.4, -0.2) is 15.9 Å². The number of fused-ring (bicyclic) bond motifs is 1. The first-order valence-electron chi connectivity index (χ1n) is 14.9. The first kappa shape index (κ1) is 31.1. The van der Waals surface area contributed by atoms with Crippen LogP contribution in [0.2, 0.25) is 0 Å². The van der Waals surface area contributed by atoms with Crippen LogP contribution in [0.1, 0.15) is 82.8 Å². The van der Waals surface area contributed by atoms with Gasteiger partial charge in [-0.25, -0.2) is 0 Å². The van der Waals surface area contributed by atoms with Crippen molar-refractivity contribution in [3.8, 4) is 11.3 Å². The van der Waals surface area contributed by atoms with Crippen molar-refractivity contribution in [1.82, 2.24) is 4.98 Å². The number of aliphatic hydroxyl groups is 1. The molecule has 3 nitrogen and oxygen atoms in total. The second-order valence-electron chi connectivity index (χ2n) is 11.6. The van der Waals surface area contributed by atoms with Crippen molar-refractivity contribution in [2.75, 3.05) is 0 Å². The van der Waals surface area contributed by atoms with Gasteiger partial charge < -0.3 is 10.1 Å². The Bertz CT molecular complexity index is 1500. The minimum Gasteiger partial charge on any atom is -0.512 e. The molecule has 4 heteroatoms. The summed E-state index contributed by atoms with van der Waals surface area (Å²) in [7, 11) is 0. The summed E-state index contributed by atoms with van der Waals surface area (Å²) in [4.78, 5) is 16.8. The van der Waals surface area contributed by atoms with Crippen LogP contribution in [0, 0.1) is 17.9 Å². The molecule has 41 heavy (non-hydrogen) atoms. The summed E-state index contributed by atoms with van der Waals surface area (Å²) in [6.07, 6.45) is 17.3. The van der Waals surface area contributed by atoms with Crippen LogP contribution in [0.3, 0.4) is 0 Å². The molecular weight excluding hydrogens is 683 g/mol. The second kappa shape index (κ2) is 14.4. The molecule has 3 aromatic carbocycles. The minimum absolute atomic E-state index is 0. The van der Waals surface area contributed by atoms with Crippen molar-refractivity contribution in [2.45, 2.75) is 84.5 Å². The molecule has 1 aromatic heterocycles. The number of hydrogen-bond acceptors (Lipinski definition) is 3. The maximum absolute atomic E-state index is 12.0. The van der Waals surface area contributed by atoms with E-state index in [4.69, 9.17) is 4.98 Å². The Morgan fingerprint density at radius 3 is 2.22 bits per heavy atom. The number of aromatic nitrogens is 1. The van der Waals surface area contributed by atoms with Crippen LogP contribution in [-0.2, 0) is 37.7 Å². The average Bonchev–Trinajstić information content (AvgIpc) is 3.43. The normalized spacial score (nSPS) is 17.3. The summed E-state index contributed by atoms with van der Waals surface area (Å²) < 4.78 is 0. The van der Waals surface area contributed by atoms with Crippen molar-refractivity contribution in [2.24, 2.45) is 11.8 Å². The first-order chi connectivity index (χ1) is 19.2. The molecule has 217 valence electrons. The zero-order chi connectivity index (χ0) is 26.6. The number of hydrogen-bond donors (Lipinski definition) is 1. The maximum Gasteiger partial charge on any atom is 0.162 e. The smallest absolute Gasteiger partial charge is 0.162 e. The summed E-state index contributed by atoms with van der Waals surface area (Å²) in [5.74, 6) is 0.985. The number of aliphatic hydroxyl groups excluding tert-OH is 1. The number of aryl methyl sites for hydroxylation is 2. The van der Waals surface area contributed by atoms with E-state index in [0.717, 1.165) is 49.8 Å². The average molecular weight is 725 g/mol. The summed E-state index contributed by atoms with van der Waals surface area (Å²) in [5, 5.41) is 15.1. The second-order valence-corrected chi connectivity index (χ2v) is 11.6. The predicted octanol–water partition coefficient (Wildman–Crippen LogP) is 9.75. The molecule has 0 spiro atoms. The Kier molecular flexibility index (Phi) is 10.9. The van der Waals surface area contributed by atoms with Gasteiger partial charge in [-0.1, -0.05) is 93.8 Å². The van der Waals surface area contributed by atoms with Crippen LogP contribution in [0.15, 0.2) is 72.6 Å². The fraction of sp³-hybridized carbons (Fsp3) is 0.405. The Balaban J connectivity index is 0.000000186. The fourth-order valence-electron chi connectivity index (χ4n) is 6.85. The van der Waals surface area contributed by atoms with Gasteiger partial charge in [0.2, 0.25) is 0 Å². The molecule has 0 amide bonds. The van der Waals surface area contributed by atoms with E-state index in [1.807, 2.05) is 6.07 Å². The van der Waals surface area contributed by atoms with Crippen molar-refractivity contribution in [3.63, 3.8) is 0 Å². The minimum atomic E-state index is 0. The van der Waals surface area contributed by atoms with E-state index in [-0.39, 0.29) is 45.2 Å². The number of ketones is 1. The third-order valence-corrected chi connectivity index (χ3v) is 9.02. The molecule has 7 rings (SSSR count). The summed E-state index contributed by atoms with van der Waals surface area (Å²) in [5.41, 5.74) is 5.00. The van der Waals surface area contributed by atoms with Crippen LogP contribution < -0.4 is 0 Å². The van der Waals surface area contributed by atoms with Gasteiger partial charge in [0.1, 0.15) is 0 Å². The van der Waals surface area contributed by atoms with Crippen LogP contribution in [0.4, 0.5) is 0 Å². The number of carbonyl (C=O) groups is 1. The van der Waals surface area contributed by atoms with Crippen molar-refractivity contribution < 1.29 is 30.0 Å². The molecule has 2 saturated carbocycles. The van der Waals surface area contributed by atoms with Crippen LogP contribution >= 0.6 is 0 Å². The molecular formula is C37H42IrNO2-.